The lowest BCUT2D eigenvalue weighted by Crippen LogP contribution is -2.29. The predicted octanol–water partition coefficient (Wildman–Crippen LogP) is 0.173. The summed E-state index contributed by atoms with van der Waals surface area (Å²) in [5, 5.41) is 25.2. The molecule has 0 aliphatic rings. The highest BCUT2D eigenvalue weighted by Gasteiger charge is 2.29. The number of carbonyl (C=O) groups is 2. The van der Waals surface area contributed by atoms with Gasteiger partial charge < -0.3 is 10.0 Å². The van der Waals surface area contributed by atoms with Crippen LogP contribution in [-0.4, -0.2) is 50.6 Å². The third kappa shape index (κ3) is 2.81. The van der Waals surface area contributed by atoms with Crippen LogP contribution in [-0.2, 0) is 4.79 Å². The maximum absolute atomic E-state index is 11.8. The SMILES string of the molecule is Cc1[nH]nc(C(=O)N(C)CCC(=O)O)c1[N+](=O)[O-]. The number of aryl methyl sites for hydroxylation is 1. The van der Waals surface area contributed by atoms with Crippen LogP contribution in [0.2, 0.25) is 0 Å². The Labute approximate surface area is 102 Å². The van der Waals surface area contributed by atoms with Crippen molar-refractivity contribution in [3.63, 3.8) is 0 Å². The zero-order chi connectivity index (χ0) is 13.9. The molecule has 9 heteroatoms. The number of aromatic nitrogens is 2. The average molecular weight is 256 g/mol. The maximum atomic E-state index is 11.8. The van der Waals surface area contributed by atoms with Crippen LogP contribution in [0, 0.1) is 17.0 Å². The van der Waals surface area contributed by atoms with Gasteiger partial charge in [0.25, 0.3) is 5.91 Å². The summed E-state index contributed by atoms with van der Waals surface area (Å²) in [4.78, 5) is 33.4. The van der Waals surface area contributed by atoms with E-state index >= 15 is 0 Å². The van der Waals surface area contributed by atoms with Crippen LogP contribution >= 0.6 is 0 Å². The lowest BCUT2D eigenvalue weighted by Gasteiger charge is -2.13. The highest BCUT2D eigenvalue weighted by atomic mass is 16.6. The van der Waals surface area contributed by atoms with Gasteiger partial charge in [0.15, 0.2) is 0 Å². The summed E-state index contributed by atoms with van der Waals surface area (Å²) in [6.45, 7) is 1.39. The van der Waals surface area contributed by atoms with Crippen molar-refractivity contribution in [1.29, 1.82) is 0 Å². The van der Waals surface area contributed by atoms with E-state index in [0.29, 0.717) is 0 Å². The van der Waals surface area contributed by atoms with Crippen LogP contribution in [0.25, 0.3) is 0 Å². The fourth-order valence-electron chi connectivity index (χ4n) is 1.34. The van der Waals surface area contributed by atoms with Gasteiger partial charge in [-0.05, 0) is 6.92 Å². The van der Waals surface area contributed by atoms with Gasteiger partial charge >= 0.3 is 11.7 Å². The van der Waals surface area contributed by atoms with Crippen molar-refractivity contribution < 1.29 is 19.6 Å². The molecule has 1 rings (SSSR count). The molecule has 0 saturated carbocycles. The zero-order valence-electron chi connectivity index (χ0n) is 9.84. The topological polar surface area (TPSA) is 129 Å². The van der Waals surface area contributed by atoms with E-state index in [-0.39, 0.29) is 30.0 Å². The molecule has 0 aliphatic heterocycles. The van der Waals surface area contributed by atoms with Crippen LogP contribution < -0.4 is 0 Å². The molecule has 1 heterocycles. The molecule has 1 aromatic rings. The number of hydrogen-bond donors (Lipinski definition) is 2. The van der Waals surface area contributed by atoms with Gasteiger partial charge in [0.1, 0.15) is 5.69 Å². The average Bonchev–Trinajstić information content (AvgIpc) is 2.66. The minimum Gasteiger partial charge on any atom is -0.481 e. The number of aliphatic carboxylic acids is 1. The van der Waals surface area contributed by atoms with Crippen molar-refractivity contribution in [1.82, 2.24) is 15.1 Å². The molecule has 0 bridgehead atoms. The normalized spacial score (nSPS) is 10.1. The Morgan fingerprint density at radius 3 is 2.67 bits per heavy atom. The first-order chi connectivity index (χ1) is 8.34. The smallest absolute Gasteiger partial charge is 0.322 e. The molecular formula is C9H12N4O5. The minimum atomic E-state index is -1.05. The number of nitrogens with one attached hydrogen (secondary N) is 1. The Hall–Kier alpha value is -2.45. The fourth-order valence-corrected chi connectivity index (χ4v) is 1.34. The monoisotopic (exact) mass is 256 g/mol. The molecule has 0 radical (unpaired) electrons. The van der Waals surface area contributed by atoms with E-state index in [2.05, 4.69) is 10.2 Å². The number of aromatic amines is 1. The van der Waals surface area contributed by atoms with E-state index in [1.165, 1.54) is 14.0 Å². The number of hydrogen-bond acceptors (Lipinski definition) is 5. The quantitative estimate of drug-likeness (QED) is 0.570. The molecule has 0 unspecified atom stereocenters. The molecule has 98 valence electrons. The zero-order valence-corrected chi connectivity index (χ0v) is 9.84. The Morgan fingerprint density at radius 1 is 1.56 bits per heavy atom. The van der Waals surface area contributed by atoms with Crippen LogP contribution in [0.3, 0.4) is 0 Å². The molecular weight excluding hydrogens is 244 g/mol. The van der Waals surface area contributed by atoms with Gasteiger partial charge in [-0.2, -0.15) is 5.10 Å². The maximum Gasteiger partial charge on any atom is 0.322 e. The highest BCUT2D eigenvalue weighted by molar-refractivity contribution is 5.96. The largest absolute Gasteiger partial charge is 0.481 e. The molecule has 1 aromatic heterocycles. The van der Waals surface area contributed by atoms with Crippen LogP contribution in [0.5, 0.6) is 0 Å². The van der Waals surface area contributed by atoms with E-state index in [1.54, 1.807) is 0 Å². The number of carboxylic acids is 1. The van der Waals surface area contributed by atoms with Crippen LogP contribution in [0.4, 0.5) is 5.69 Å². The van der Waals surface area contributed by atoms with E-state index < -0.39 is 16.8 Å². The summed E-state index contributed by atoms with van der Waals surface area (Å²) in [6, 6.07) is 0. The summed E-state index contributed by atoms with van der Waals surface area (Å²) in [6.07, 6.45) is -0.237. The second-order valence-electron chi connectivity index (χ2n) is 3.67. The standard InChI is InChI=1S/C9H12N4O5/c1-5-8(13(17)18)7(11-10-5)9(16)12(2)4-3-6(14)15/h3-4H2,1-2H3,(H,10,11)(H,14,15). The van der Waals surface area contributed by atoms with Gasteiger partial charge in [-0.15, -0.1) is 0 Å². The Bertz CT molecular complexity index is 495. The second-order valence-corrected chi connectivity index (χ2v) is 3.67. The molecule has 0 spiro atoms. The Kier molecular flexibility index (Phi) is 3.97. The van der Waals surface area contributed by atoms with E-state index in [1.807, 2.05) is 0 Å². The first-order valence-electron chi connectivity index (χ1n) is 5.01. The summed E-state index contributed by atoms with van der Waals surface area (Å²) in [5.74, 6) is -1.74. The van der Waals surface area contributed by atoms with Gasteiger partial charge in [0.2, 0.25) is 5.69 Å². The number of carbonyl (C=O) groups excluding carboxylic acids is 1. The molecule has 2 N–H and O–H groups in total. The van der Waals surface area contributed by atoms with E-state index in [9.17, 15) is 19.7 Å². The summed E-state index contributed by atoms with van der Waals surface area (Å²) in [5.41, 5.74) is -0.525. The third-order valence-electron chi connectivity index (χ3n) is 2.31. The van der Waals surface area contributed by atoms with Crippen molar-refractivity contribution in [3.05, 3.63) is 21.5 Å². The van der Waals surface area contributed by atoms with E-state index in [0.717, 1.165) is 4.90 Å². The van der Waals surface area contributed by atoms with Crippen molar-refractivity contribution >= 4 is 17.6 Å². The number of nitrogens with zero attached hydrogens (tertiary/aromatic N) is 3. The molecule has 0 saturated heterocycles. The molecule has 0 aliphatic carbocycles. The van der Waals surface area contributed by atoms with E-state index in [4.69, 9.17) is 5.11 Å². The number of amides is 1. The first kappa shape index (κ1) is 13.6. The lowest BCUT2D eigenvalue weighted by molar-refractivity contribution is -0.385. The van der Waals surface area contributed by atoms with Gasteiger partial charge in [0, 0.05) is 13.6 Å². The second kappa shape index (κ2) is 5.25. The van der Waals surface area contributed by atoms with Gasteiger partial charge in [-0.3, -0.25) is 24.8 Å². The summed E-state index contributed by atoms with van der Waals surface area (Å²) < 4.78 is 0. The molecule has 0 fully saturated rings. The fraction of sp³-hybridized carbons (Fsp3) is 0.444. The minimum absolute atomic E-state index is 0.0444. The summed E-state index contributed by atoms with van der Waals surface area (Å²) >= 11 is 0. The molecule has 0 aromatic carbocycles. The number of nitro groups is 1. The van der Waals surface area contributed by atoms with Crippen molar-refractivity contribution in [2.45, 2.75) is 13.3 Å². The molecule has 9 nitrogen and oxygen atoms in total. The van der Waals surface area contributed by atoms with Crippen LogP contribution in [0.15, 0.2) is 0 Å². The van der Waals surface area contributed by atoms with Crippen molar-refractivity contribution in [2.24, 2.45) is 0 Å². The van der Waals surface area contributed by atoms with Crippen LogP contribution in [0.1, 0.15) is 22.6 Å². The number of rotatable bonds is 5. The highest BCUT2D eigenvalue weighted by Crippen LogP contribution is 2.21. The first-order valence-corrected chi connectivity index (χ1v) is 5.01. The Balaban J connectivity index is 2.90. The molecule has 1 amide bonds. The van der Waals surface area contributed by atoms with Crippen molar-refractivity contribution in [2.75, 3.05) is 13.6 Å². The number of carboxylic acid groups (broad SMARTS) is 1. The molecule has 0 atom stereocenters. The Morgan fingerprint density at radius 2 is 2.17 bits per heavy atom. The van der Waals surface area contributed by atoms with Gasteiger partial charge in [-0.25, -0.2) is 0 Å². The predicted molar refractivity (Wildman–Crippen MR) is 59.2 cm³/mol. The van der Waals surface area contributed by atoms with Crippen molar-refractivity contribution in [3.8, 4) is 0 Å². The summed E-state index contributed by atoms with van der Waals surface area (Å²) in [7, 11) is 1.36. The van der Waals surface area contributed by atoms with Gasteiger partial charge in [0.05, 0.1) is 11.3 Å². The molecule has 18 heavy (non-hydrogen) atoms. The lowest BCUT2D eigenvalue weighted by atomic mass is 10.2. The van der Waals surface area contributed by atoms with Gasteiger partial charge in [-0.1, -0.05) is 0 Å². The number of H-pyrrole nitrogens is 1. The third-order valence-corrected chi connectivity index (χ3v) is 2.31.